The second kappa shape index (κ2) is 5.86. The van der Waals surface area contributed by atoms with Crippen molar-refractivity contribution in [2.75, 3.05) is 26.7 Å². The van der Waals surface area contributed by atoms with Crippen LogP contribution in [0, 0.1) is 5.41 Å². The molecule has 0 bridgehead atoms. The van der Waals surface area contributed by atoms with E-state index >= 15 is 0 Å². The van der Waals surface area contributed by atoms with Gasteiger partial charge in [0.2, 0.25) is 5.91 Å². The molecule has 4 rings (SSSR count). The largest absolute Gasteiger partial charge is 0.391 e. The fourth-order valence-corrected chi connectivity index (χ4v) is 4.28. The molecule has 1 unspecified atom stereocenters. The number of amides is 1. The predicted molar refractivity (Wildman–Crippen MR) is 90.4 cm³/mol. The number of carbonyl (C=O) groups is 1. The molecule has 6 nitrogen and oxygen atoms in total. The van der Waals surface area contributed by atoms with Gasteiger partial charge in [0.15, 0.2) is 0 Å². The van der Waals surface area contributed by atoms with Gasteiger partial charge in [-0.2, -0.15) is 0 Å². The van der Waals surface area contributed by atoms with Crippen LogP contribution in [0.1, 0.15) is 25.1 Å². The van der Waals surface area contributed by atoms with Crippen LogP contribution in [0.3, 0.4) is 0 Å². The number of rotatable bonds is 2. The van der Waals surface area contributed by atoms with Crippen molar-refractivity contribution in [2.24, 2.45) is 5.41 Å². The number of hydrogen-bond acceptors (Lipinski definition) is 4. The number of β-amino-alcohol motifs (C(OH)–C–C–N with tert-alkyl or cyclic N) is 1. The van der Waals surface area contributed by atoms with Gasteiger partial charge in [-0.15, -0.1) is 0 Å². The zero-order valence-corrected chi connectivity index (χ0v) is 14.1. The van der Waals surface area contributed by atoms with Crippen LogP contribution < -0.4 is 0 Å². The molecule has 0 radical (unpaired) electrons. The second-order valence-corrected chi connectivity index (χ2v) is 7.27. The van der Waals surface area contributed by atoms with Gasteiger partial charge in [-0.1, -0.05) is 6.07 Å². The summed E-state index contributed by atoms with van der Waals surface area (Å²) in [7, 11) is 1.80. The quantitative estimate of drug-likeness (QED) is 0.898. The smallest absolute Gasteiger partial charge is 0.228 e. The highest BCUT2D eigenvalue weighted by atomic mass is 16.3. The minimum absolute atomic E-state index is 0.207. The van der Waals surface area contributed by atoms with Gasteiger partial charge < -0.3 is 14.4 Å². The lowest BCUT2D eigenvalue weighted by Gasteiger charge is -2.46. The van der Waals surface area contributed by atoms with E-state index in [0.29, 0.717) is 13.0 Å². The Kier molecular flexibility index (Phi) is 3.81. The lowest BCUT2D eigenvalue weighted by molar-refractivity contribution is -0.154. The van der Waals surface area contributed by atoms with Crippen LogP contribution in [0.15, 0.2) is 30.6 Å². The minimum Gasteiger partial charge on any atom is -0.391 e. The van der Waals surface area contributed by atoms with E-state index in [4.69, 9.17) is 0 Å². The van der Waals surface area contributed by atoms with Crippen LogP contribution in [0.2, 0.25) is 0 Å². The molecule has 1 spiro atoms. The maximum absolute atomic E-state index is 12.6. The predicted octanol–water partition coefficient (Wildman–Crippen LogP) is 1.14. The molecule has 2 aliphatic heterocycles. The number of imidazole rings is 1. The third-order valence-corrected chi connectivity index (χ3v) is 5.60. The van der Waals surface area contributed by atoms with Gasteiger partial charge in [-0.3, -0.25) is 9.69 Å². The Morgan fingerprint density at radius 3 is 2.92 bits per heavy atom. The zero-order chi connectivity index (χ0) is 16.7. The summed E-state index contributed by atoms with van der Waals surface area (Å²) >= 11 is 0. The summed E-state index contributed by atoms with van der Waals surface area (Å²) < 4.78 is 2.12. The van der Waals surface area contributed by atoms with Crippen LogP contribution in [-0.2, 0) is 11.3 Å². The first-order chi connectivity index (χ1) is 11.6. The highest BCUT2D eigenvalue weighted by Gasteiger charge is 2.47. The molecule has 1 atom stereocenters. The number of aliphatic hydroxyl groups excluding tert-OH is 1. The van der Waals surface area contributed by atoms with Crippen LogP contribution in [0.4, 0.5) is 0 Å². The number of aliphatic hydroxyl groups is 1. The number of piperidine rings is 2. The summed E-state index contributed by atoms with van der Waals surface area (Å²) in [4.78, 5) is 21.2. The third kappa shape index (κ3) is 2.59. The van der Waals surface area contributed by atoms with Gasteiger partial charge in [-0.05, 0) is 44.5 Å². The van der Waals surface area contributed by atoms with Crippen LogP contribution in [0.5, 0.6) is 0 Å². The molecule has 128 valence electrons. The average Bonchev–Trinajstić information content (AvgIpc) is 2.98. The summed E-state index contributed by atoms with van der Waals surface area (Å²) in [5.41, 5.74) is 0.741. The molecule has 1 N–H and O–H groups in total. The van der Waals surface area contributed by atoms with Crippen molar-refractivity contribution in [1.29, 1.82) is 0 Å². The fraction of sp³-hybridized carbons (Fsp3) is 0.556. The SMILES string of the molecule is CN1CC(O)CC2(CCN(Cc3ncc4ccccn34)CC2)C1=O. The highest BCUT2D eigenvalue weighted by molar-refractivity contribution is 5.83. The molecule has 2 saturated heterocycles. The van der Waals surface area contributed by atoms with Crippen LogP contribution in [-0.4, -0.2) is 63.0 Å². The Morgan fingerprint density at radius 1 is 1.33 bits per heavy atom. The maximum Gasteiger partial charge on any atom is 0.228 e. The van der Waals surface area contributed by atoms with Gasteiger partial charge in [0.05, 0.1) is 29.8 Å². The molecule has 6 heteroatoms. The van der Waals surface area contributed by atoms with Gasteiger partial charge in [0.25, 0.3) is 0 Å². The first-order valence-electron chi connectivity index (χ1n) is 8.64. The van der Waals surface area contributed by atoms with Crippen molar-refractivity contribution in [3.63, 3.8) is 0 Å². The number of likely N-dealkylation sites (tertiary alicyclic amines) is 2. The average molecular weight is 328 g/mol. The number of fused-ring (bicyclic) bond motifs is 1. The van der Waals surface area contributed by atoms with Crippen molar-refractivity contribution in [3.8, 4) is 0 Å². The number of pyridine rings is 1. The Balaban J connectivity index is 1.45. The maximum atomic E-state index is 12.6. The molecule has 24 heavy (non-hydrogen) atoms. The van der Waals surface area contributed by atoms with Gasteiger partial charge in [0, 0.05) is 19.8 Å². The topological polar surface area (TPSA) is 61.1 Å². The lowest BCUT2D eigenvalue weighted by Crippen LogP contribution is -2.56. The summed E-state index contributed by atoms with van der Waals surface area (Å²) in [5.74, 6) is 1.24. The fourth-order valence-electron chi connectivity index (χ4n) is 4.28. The van der Waals surface area contributed by atoms with Crippen molar-refractivity contribution < 1.29 is 9.90 Å². The molecule has 0 aliphatic carbocycles. The molecule has 1 amide bonds. The van der Waals surface area contributed by atoms with Gasteiger partial charge in [0.1, 0.15) is 5.82 Å². The molecule has 0 saturated carbocycles. The van der Waals surface area contributed by atoms with Crippen molar-refractivity contribution >= 4 is 11.4 Å². The van der Waals surface area contributed by atoms with Gasteiger partial charge >= 0.3 is 0 Å². The number of nitrogens with zero attached hydrogens (tertiary/aromatic N) is 4. The van der Waals surface area contributed by atoms with E-state index in [0.717, 1.165) is 43.8 Å². The number of carbonyl (C=O) groups excluding carboxylic acids is 1. The van der Waals surface area contributed by atoms with Crippen LogP contribution in [0.25, 0.3) is 5.52 Å². The number of aromatic nitrogens is 2. The normalized spacial score (nSPS) is 24.8. The molecule has 2 aliphatic rings. The van der Waals surface area contributed by atoms with E-state index in [1.54, 1.807) is 11.9 Å². The summed E-state index contributed by atoms with van der Waals surface area (Å²) in [6, 6.07) is 6.09. The van der Waals surface area contributed by atoms with E-state index in [1.165, 1.54) is 0 Å². The summed E-state index contributed by atoms with van der Waals surface area (Å²) in [5, 5.41) is 10.1. The molecule has 4 heterocycles. The Labute approximate surface area is 141 Å². The Morgan fingerprint density at radius 2 is 2.12 bits per heavy atom. The third-order valence-electron chi connectivity index (χ3n) is 5.60. The zero-order valence-electron chi connectivity index (χ0n) is 14.1. The monoisotopic (exact) mass is 328 g/mol. The molecule has 2 aromatic rings. The number of hydrogen-bond donors (Lipinski definition) is 1. The molecule has 2 fully saturated rings. The molecule has 2 aromatic heterocycles. The minimum atomic E-state index is -0.393. The van der Waals surface area contributed by atoms with Crippen molar-refractivity contribution in [1.82, 2.24) is 19.2 Å². The summed E-state index contributed by atoms with van der Waals surface area (Å²) in [6.07, 6.45) is 5.79. The van der Waals surface area contributed by atoms with E-state index in [2.05, 4.69) is 20.4 Å². The lowest BCUT2D eigenvalue weighted by atomic mass is 9.71. The molecular formula is C18H24N4O2. The van der Waals surface area contributed by atoms with E-state index in [9.17, 15) is 9.90 Å². The van der Waals surface area contributed by atoms with Crippen molar-refractivity contribution in [3.05, 3.63) is 36.4 Å². The standard InChI is InChI=1S/C18H24N4O2/c1-20-12-15(23)10-18(17(20)24)5-8-21(9-6-18)13-16-19-11-14-4-2-3-7-22(14)16/h2-4,7,11,15,23H,5-6,8-10,12-13H2,1H3. The first kappa shape index (κ1) is 15.6. The first-order valence-corrected chi connectivity index (χ1v) is 8.64. The van der Waals surface area contributed by atoms with Crippen molar-refractivity contribution in [2.45, 2.75) is 31.9 Å². The number of likely N-dealkylation sites (N-methyl/N-ethyl adjacent to an activating group) is 1. The second-order valence-electron chi connectivity index (χ2n) is 7.27. The highest BCUT2D eigenvalue weighted by Crippen LogP contribution is 2.40. The molecular weight excluding hydrogens is 304 g/mol. The van der Waals surface area contributed by atoms with Gasteiger partial charge in [-0.25, -0.2) is 4.98 Å². The van der Waals surface area contributed by atoms with E-state index in [-0.39, 0.29) is 11.3 Å². The Bertz CT molecular complexity index is 748. The Hall–Kier alpha value is -1.92. The molecule has 0 aromatic carbocycles. The van der Waals surface area contributed by atoms with Crippen LogP contribution >= 0.6 is 0 Å². The van der Waals surface area contributed by atoms with E-state index in [1.807, 2.05) is 24.5 Å². The van der Waals surface area contributed by atoms with E-state index < -0.39 is 6.10 Å². The summed E-state index contributed by atoms with van der Waals surface area (Å²) in [6.45, 7) is 2.99.